The van der Waals surface area contributed by atoms with Gasteiger partial charge in [-0.2, -0.15) is 0 Å². The molecule has 3 nitrogen and oxygen atoms in total. The standard InChI is InChI=1S/C27H44O3/c1-15(2)22(28)13-23(29)16(3)19-6-7-20-18-12-24(30)27-14-17(27)8-11-26(27,5)21(18)9-10-25(19,20)4/h15-23,28-29H,6-14H2,1-5H3/t16-,17-,18-,19+,20-,21-,22+,23-,25+,26+,27-/m0/s1. The Hall–Kier alpha value is -0.410. The Kier molecular flexibility index (Phi) is 4.86. The zero-order valence-corrected chi connectivity index (χ0v) is 19.9. The summed E-state index contributed by atoms with van der Waals surface area (Å²) in [6.07, 6.45) is 9.18. The highest BCUT2D eigenvalue weighted by atomic mass is 16.3. The number of carbonyl (C=O) groups is 1. The molecule has 5 aliphatic carbocycles. The Morgan fingerprint density at radius 2 is 1.70 bits per heavy atom. The monoisotopic (exact) mass is 416 g/mol. The summed E-state index contributed by atoms with van der Waals surface area (Å²) in [5.74, 6) is 4.19. The van der Waals surface area contributed by atoms with Crippen LogP contribution in [0.5, 0.6) is 0 Å². The lowest BCUT2D eigenvalue weighted by atomic mass is 9.45. The first-order valence-corrected chi connectivity index (χ1v) is 13.0. The fraction of sp³-hybridized carbons (Fsp3) is 0.963. The van der Waals surface area contributed by atoms with Crippen LogP contribution in [0.1, 0.15) is 92.4 Å². The first-order chi connectivity index (χ1) is 14.1. The van der Waals surface area contributed by atoms with E-state index in [1.807, 2.05) is 13.8 Å². The molecule has 5 fully saturated rings. The summed E-state index contributed by atoms with van der Waals surface area (Å²) in [6.45, 7) is 11.2. The average molecular weight is 417 g/mol. The molecule has 5 saturated carbocycles. The van der Waals surface area contributed by atoms with Crippen molar-refractivity contribution in [2.24, 2.45) is 57.7 Å². The van der Waals surface area contributed by atoms with Crippen molar-refractivity contribution < 1.29 is 15.0 Å². The molecule has 3 heteroatoms. The van der Waals surface area contributed by atoms with Crippen LogP contribution in [0.3, 0.4) is 0 Å². The van der Waals surface area contributed by atoms with Gasteiger partial charge in [0.15, 0.2) is 0 Å². The molecule has 2 N–H and O–H groups in total. The van der Waals surface area contributed by atoms with Crippen LogP contribution in [0.25, 0.3) is 0 Å². The van der Waals surface area contributed by atoms with E-state index < -0.39 is 12.2 Å². The van der Waals surface area contributed by atoms with Crippen LogP contribution in [0.15, 0.2) is 0 Å². The number of carbonyl (C=O) groups excluding carboxylic acids is 1. The van der Waals surface area contributed by atoms with E-state index in [2.05, 4.69) is 20.8 Å². The van der Waals surface area contributed by atoms with E-state index in [4.69, 9.17) is 0 Å². The quantitative estimate of drug-likeness (QED) is 0.645. The summed E-state index contributed by atoms with van der Waals surface area (Å²) < 4.78 is 0. The SMILES string of the molecule is CC(C)[C@H](O)C[C@H](O)[C@@H](C)[C@H]1CC[C@H]2[C@@H]3CC(=O)[C@]45C[C@@H]4CC[C@]5(C)[C@H]3CC[C@]12C. The number of ketones is 1. The summed E-state index contributed by atoms with van der Waals surface area (Å²) in [5, 5.41) is 21.3. The normalized spacial score (nSPS) is 52.3. The van der Waals surface area contributed by atoms with Crippen LogP contribution in [0, 0.1) is 57.7 Å². The molecule has 0 aromatic rings. The fourth-order valence-corrected chi connectivity index (χ4v) is 9.92. The van der Waals surface area contributed by atoms with Gasteiger partial charge < -0.3 is 10.2 Å². The van der Waals surface area contributed by atoms with Crippen molar-refractivity contribution in [3.8, 4) is 0 Å². The Morgan fingerprint density at radius 3 is 2.37 bits per heavy atom. The van der Waals surface area contributed by atoms with Crippen molar-refractivity contribution in [1.82, 2.24) is 0 Å². The average Bonchev–Trinajstić information content (AvgIpc) is 3.22. The molecule has 0 saturated heterocycles. The smallest absolute Gasteiger partial charge is 0.140 e. The lowest BCUT2D eigenvalue weighted by molar-refractivity contribution is -0.152. The van der Waals surface area contributed by atoms with E-state index >= 15 is 0 Å². The fourth-order valence-electron chi connectivity index (χ4n) is 9.92. The van der Waals surface area contributed by atoms with Gasteiger partial charge in [0.1, 0.15) is 5.78 Å². The number of fused-ring (bicyclic) bond motifs is 4. The first kappa shape index (κ1) is 21.4. The van der Waals surface area contributed by atoms with Gasteiger partial charge in [0.25, 0.3) is 0 Å². The first-order valence-electron chi connectivity index (χ1n) is 13.0. The molecule has 5 rings (SSSR count). The van der Waals surface area contributed by atoms with E-state index in [-0.39, 0.29) is 28.1 Å². The van der Waals surface area contributed by atoms with E-state index in [0.29, 0.717) is 35.9 Å². The molecule has 0 heterocycles. The highest BCUT2D eigenvalue weighted by Gasteiger charge is 2.77. The molecular formula is C27H44O3. The molecule has 0 bridgehead atoms. The molecule has 5 aliphatic rings. The summed E-state index contributed by atoms with van der Waals surface area (Å²) in [6, 6.07) is 0. The topological polar surface area (TPSA) is 57.5 Å². The zero-order chi connectivity index (χ0) is 21.6. The van der Waals surface area contributed by atoms with Crippen LogP contribution in [0.2, 0.25) is 0 Å². The van der Waals surface area contributed by atoms with Gasteiger partial charge in [-0.05, 0) is 104 Å². The molecule has 0 amide bonds. The second-order valence-corrected chi connectivity index (χ2v) is 13.0. The van der Waals surface area contributed by atoms with Crippen LogP contribution < -0.4 is 0 Å². The molecule has 0 unspecified atom stereocenters. The predicted octanol–water partition coefficient (Wildman–Crippen LogP) is 5.23. The van der Waals surface area contributed by atoms with Gasteiger partial charge in [-0.15, -0.1) is 0 Å². The van der Waals surface area contributed by atoms with Crippen LogP contribution in [-0.2, 0) is 4.79 Å². The van der Waals surface area contributed by atoms with Gasteiger partial charge in [-0.3, -0.25) is 4.79 Å². The van der Waals surface area contributed by atoms with Gasteiger partial charge in [0, 0.05) is 11.8 Å². The van der Waals surface area contributed by atoms with Gasteiger partial charge in [-0.25, -0.2) is 0 Å². The third-order valence-electron chi connectivity index (χ3n) is 11.9. The molecular weight excluding hydrogens is 372 g/mol. The predicted molar refractivity (Wildman–Crippen MR) is 119 cm³/mol. The number of hydrogen-bond acceptors (Lipinski definition) is 3. The van der Waals surface area contributed by atoms with Gasteiger partial charge in [0.2, 0.25) is 0 Å². The molecule has 0 aromatic heterocycles. The summed E-state index contributed by atoms with van der Waals surface area (Å²) in [7, 11) is 0. The van der Waals surface area contributed by atoms with Crippen LogP contribution in [-0.4, -0.2) is 28.2 Å². The largest absolute Gasteiger partial charge is 0.393 e. The minimum atomic E-state index is -0.434. The third kappa shape index (κ3) is 2.60. The molecule has 0 radical (unpaired) electrons. The van der Waals surface area contributed by atoms with Crippen molar-refractivity contribution >= 4 is 5.78 Å². The number of aliphatic hydroxyl groups is 2. The van der Waals surface area contributed by atoms with Gasteiger partial charge >= 0.3 is 0 Å². The zero-order valence-electron chi connectivity index (χ0n) is 19.9. The maximum atomic E-state index is 13.4. The highest BCUT2D eigenvalue weighted by molar-refractivity contribution is 5.91. The van der Waals surface area contributed by atoms with Crippen molar-refractivity contribution in [2.75, 3.05) is 0 Å². The highest BCUT2D eigenvalue weighted by Crippen LogP contribution is 2.80. The summed E-state index contributed by atoms with van der Waals surface area (Å²) in [5.41, 5.74) is 0.590. The van der Waals surface area contributed by atoms with Crippen molar-refractivity contribution in [3.63, 3.8) is 0 Å². The van der Waals surface area contributed by atoms with E-state index in [1.54, 1.807) is 0 Å². The van der Waals surface area contributed by atoms with Crippen molar-refractivity contribution in [3.05, 3.63) is 0 Å². The third-order valence-corrected chi connectivity index (χ3v) is 11.9. The lowest BCUT2D eigenvalue weighted by Gasteiger charge is -2.58. The minimum Gasteiger partial charge on any atom is -0.393 e. The maximum Gasteiger partial charge on any atom is 0.140 e. The molecule has 170 valence electrons. The molecule has 1 spiro atoms. The molecule has 11 atom stereocenters. The second-order valence-electron chi connectivity index (χ2n) is 13.0. The number of rotatable bonds is 5. The maximum absolute atomic E-state index is 13.4. The van der Waals surface area contributed by atoms with E-state index in [0.717, 1.165) is 12.3 Å². The molecule has 0 aromatic carbocycles. The number of Topliss-reactive ketones (excluding diaryl/α,β-unsaturated/α-hetero) is 1. The van der Waals surface area contributed by atoms with E-state index in [1.165, 1.54) is 44.9 Å². The van der Waals surface area contributed by atoms with Crippen LogP contribution >= 0.6 is 0 Å². The summed E-state index contributed by atoms with van der Waals surface area (Å²) >= 11 is 0. The Labute approximate surface area is 183 Å². The lowest BCUT2D eigenvalue weighted by Crippen LogP contribution is -2.55. The van der Waals surface area contributed by atoms with Crippen molar-refractivity contribution in [2.45, 2.75) is 105 Å². The number of aliphatic hydroxyl groups excluding tert-OH is 2. The number of hydrogen-bond donors (Lipinski definition) is 2. The minimum absolute atomic E-state index is 0.0797. The summed E-state index contributed by atoms with van der Waals surface area (Å²) in [4.78, 5) is 13.4. The van der Waals surface area contributed by atoms with Gasteiger partial charge in [-0.1, -0.05) is 34.6 Å². The Balaban J connectivity index is 1.36. The molecule has 0 aliphatic heterocycles. The second kappa shape index (κ2) is 6.80. The molecule has 30 heavy (non-hydrogen) atoms. The Morgan fingerprint density at radius 1 is 0.967 bits per heavy atom. The van der Waals surface area contributed by atoms with Crippen molar-refractivity contribution in [1.29, 1.82) is 0 Å². The van der Waals surface area contributed by atoms with E-state index in [9.17, 15) is 15.0 Å². The van der Waals surface area contributed by atoms with Gasteiger partial charge in [0.05, 0.1) is 12.2 Å². The van der Waals surface area contributed by atoms with Crippen LogP contribution in [0.4, 0.5) is 0 Å². The Bertz CT molecular complexity index is 717.